The number of nitrogens with two attached hydrogens (primary N) is 1. The van der Waals surface area contributed by atoms with Crippen LogP contribution in [0.5, 0.6) is 0 Å². The second kappa shape index (κ2) is 6.60. The molecule has 0 aliphatic heterocycles. The summed E-state index contributed by atoms with van der Waals surface area (Å²) < 4.78 is 14.6. The summed E-state index contributed by atoms with van der Waals surface area (Å²) in [5.41, 5.74) is 6.93. The van der Waals surface area contributed by atoms with Crippen LogP contribution in [-0.2, 0) is 5.75 Å². The second-order valence-corrected chi connectivity index (χ2v) is 5.80. The normalized spacial score (nSPS) is 9.89. The van der Waals surface area contributed by atoms with Crippen LogP contribution in [-0.4, -0.2) is 6.54 Å². The molecule has 0 radical (unpaired) electrons. The lowest BCUT2D eigenvalue weighted by Gasteiger charge is -2.01. The fraction of sp³-hybridized carbons (Fsp3) is 0.143. The van der Waals surface area contributed by atoms with Crippen molar-refractivity contribution in [3.63, 3.8) is 0 Å². The summed E-state index contributed by atoms with van der Waals surface area (Å²) in [5, 5.41) is 2.03. The van der Waals surface area contributed by atoms with Gasteiger partial charge < -0.3 is 5.73 Å². The Bertz CT molecular complexity index is 567. The minimum atomic E-state index is -0.249. The van der Waals surface area contributed by atoms with Gasteiger partial charge in [-0.15, -0.1) is 23.1 Å². The molecule has 0 fully saturated rings. The Kier molecular flexibility index (Phi) is 4.82. The zero-order valence-electron chi connectivity index (χ0n) is 9.65. The van der Waals surface area contributed by atoms with Gasteiger partial charge in [0.25, 0.3) is 0 Å². The first-order valence-electron chi connectivity index (χ1n) is 5.42. The number of hydrogen-bond acceptors (Lipinski definition) is 3. The lowest BCUT2D eigenvalue weighted by molar-refractivity contribution is 0.626. The highest BCUT2D eigenvalue weighted by atomic mass is 32.2. The Labute approximate surface area is 114 Å². The van der Waals surface area contributed by atoms with Crippen LogP contribution in [0.1, 0.15) is 11.1 Å². The van der Waals surface area contributed by atoms with Gasteiger partial charge in [0.1, 0.15) is 5.82 Å². The summed E-state index contributed by atoms with van der Waals surface area (Å²) in [7, 11) is 0. The van der Waals surface area contributed by atoms with Gasteiger partial charge in [0.2, 0.25) is 0 Å². The molecule has 1 nitrogen and oxygen atoms in total. The van der Waals surface area contributed by atoms with Gasteiger partial charge in [0.15, 0.2) is 0 Å². The minimum absolute atomic E-state index is 0.249. The first kappa shape index (κ1) is 13.2. The second-order valence-electron chi connectivity index (χ2n) is 3.57. The van der Waals surface area contributed by atoms with Crippen LogP contribution >= 0.6 is 23.1 Å². The molecule has 0 spiro atoms. The van der Waals surface area contributed by atoms with E-state index in [1.165, 1.54) is 10.3 Å². The SMILES string of the molecule is NCC#Cc1cc(F)cc(CSc2cccs2)c1. The quantitative estimate of drug-likeness (QED) is 0.686. The monoisotopic (exact) mass is 277 g/mol. The van der Waals surface area contributed by atoms with Crippen LogP contribution in [0.3, 0.4) is 0 Å². The average Bonchev–Trinajstić information content (AvgIpc) is 2.86. The number of rotatable bonds is 3. The Morgan fingerprint density at radius 1 is 1.33 bits per heavy atom. The van der Waals surface area contributed by atoms with Crippen molar-refractivity contribution in [2.75, 3.05) is 6.54 Å². The molecule has 1 aromatic heterocycles. The van der Waals surface area contributed by atoms with Crippen LogP contribution in [0.25, 0.3) is 0 Å². The largest absolute Gasteiger partial charge is 0.320 e. The minimum Gasteiger partial charge on any atom is -0.320 e. The summed E-state index contributed by atoms with van der Waals surface area (Å²) in [6, 6.07) is 8.96. The molecule has 0 amide bonds. The van der Waals surface area contributed by atoms with Gasteiger partial charge in [-0.25, -0.2) is 4.39 Å². The third kappa shape index (κ3) is 3.88. The zero-order chi connectivity index (χ0) is 12.8. The molecule has 18 heavy (non-hydrogen) atoms. The molecule has 2 N–H and O–H groups in total. The predicted molar refractivity (Wildman–Crippen MR) is 76.2 cm³/mol. The molecule has 0 bridgehead atoms. The molecule has 0 atom stereocenters. The molecule has 4 heteroatoms. The number of halogens is 1. The number of hydrogen-bond donors (Lipinski definition) is 1. The first-order valence-corrected chi connectivity index (χ1v) is 7.29. The molecular weight excluding hydrogens is 265 g/mol. The summed E-state index contributed by atoms with van der Waals surface area (Å²) in [5.74, 6) is 6.09. The van der Waals surface area contributed by atoms with Crippen LogP contribution < -0.4 is 5.73 Å². The average molecular weight is 277 g/mol. The Hall–Kier alpha value is -1.28. The summed E-state index contributed by atoms with van der Waals surface area (Å²) in [6.45, 7) is 0.287. The molecule has 2 aromatic rings. The van der Waals surface area contributed by atoms with Gasteiger partial charge >= 0.3 is 0 Å². The molecule has 0 aliphatic carbocycles. The van der Waals surface area contributed by atoms with Gasteiger partial charge in [0.05, 0.1) is 10.8 Å². The van der Waals surface area contributed by atoms with Crippen molar-refractivity contribution in [2.45, 2.75) is 9.96 Å². The van der Waals surface area contributed by atoms with Gasteiger partial charge in [-0.2, -0.15) is 0 Å². The predicted octanol–water partition coefficient (Wildman–Crippen LogP) is 3.49. The highest BCUT2D eigenvalue weighted by molar-refractivity contribution is 8.00. The fourth-order valence-corrected chi connectivity index (χ4v) is 3.17. The summed E-state index contributed by atoms with van der Waals surface area (Å²) >= 11 is 3.39. The van der Waals surface area contributed by atoms with Crippen LogP contribution in [0, 0.1) is 17.7 Å². The molecular formula is C14H12FNS2. The Morgan fingerprint density at radius 2 is 2.22 bits per heavy atom. The maximum absolute atomic E-state index is 13.4. The summed E-state index contributed by atoms with van der Waals surface area (Å²) in [6.07, 6.45) is 0. The van der Waals surface area contributed by atoms with Crippen molar-refractivity contribution in [1.29, 1.82) is 0 Å². The van der Waals surface area contributed by atoms with E-state index >= 15 is 0 Å². The number of thiophene rings is 1. The molecule has 0 saturated carbocycles. The van der Waals surface area contributed by atoms with E-state index in [0.29, 0.717) is 5.56 Å². The van der Waals surface area contributed by atoms with Crippen molar-refractivity contribution < 1.29 is 4.39 Å². The topological polar surface area (TPSA) is 26.0 Å². The van der Waals surface area contributed by atoms with Crippen molar-refractivity contribution in [3.05, 3.63) is 52.7 Å². The van der Waals surface area contributed by atoms with E-state index in [2.05, 4.69) is 17.9 Å². The molecule has 0 saturated heterocycles. The van der Waals surface area contributed by atoms with E-state index in [0.717, 1.165) is 11.3 Å². The molecule has 1 heterocycles. The van der Waals surface area contributed by atoms with Crippen LogP contribution in [0.4, 0.5) is 4.39 Å². The Balaban J connectivity index is 2.10. The van der Waals surface area contributed by atoms with Gasteiger partial charge in [-0.3, -0.25) is 0 Å². The van der Waals surface area contributed by atoms with E-state index in [1.807, 2.05) is 17.5 Å². The number of thioether (sulfide) groups is 1. The van der Waals surface area contributed by atoms with Crippen LogP contribution in [0.2, 0.25) is 0 Å². The first-order chi connectivity index (χ1) is 8.78. The van der Waals surface area contributed by atoms with Crippen molar-refractivity contribution in [2.24, 2.45) is 5.73 Å². The Morgan fingerprint density at radius 3 is 2.94 bits per heavy atom. The lowest BCUT2D eigenvalue weighted by Crippen LogP contribution is -1.93. The van der Waals surface area contributed by atoms with Crippen molar-refractivity contribution in [1.82, 2.24) is 0 Å². The van der Waals surface area contributed by atoms with Crippen molar-refractivity contribution in [3.8, 4) is 11.8 Å². The van der Waals surface area contributed by atoms with Gasteiger partial charge in [-0.05, 0) is 35.2 Å². The van der Waals surface area contributed by atoms with E-state index in [4.69, 9.17) is 5.73 Å². The van der Waals surface area contributed by atoms with E-state index in [1.54, 1.807) is 29.2 Å². The lowest BCUT2D eigenvalue weighted by atomic mass is 10.1. The van der Waals surface area contributed by atoms with Crippen LogP contribution in [0.15, 0.2) is 39.9 Å². The highest BCUT2D eigenvalue weighted by Gasteiger charge is 2.01. The maximum atomic E-state index is 13.4. The third-order valence-electron chi connectivity index (χ3n) is 2.17. The van der Waals surface area contributed by atoms with Gasteiger partial charge in [0, 0.05) is 11.3 Å². The molecule has 1 aromatic carbocycles. The molecule has 0 aliphatic rings. The molecule has 92 valence electrons. The van der Waals surface area contributed by atoms with E-state index in [-0.39, 0.29) is 12.4 Å². The number of benzene rings is 1. The fourth-order valence-electron chi connectivity index (χ4n) is 1.46. The molecule has 2 rings (SSSR count). The summed E-state index contributed by atoms with van der Waals surface area (Å²) in [4.78, 5) is 0. The van der Waals surface area contributed by atoms with Crippen molar-refractivity contribution >= 4 is 23.1 Å². The third-order valence-corrected chi connectivity index (χ3v) is 4.37. The van der Waals surface area contributed by atoms with E-state index < -0.39 is 0 Å². The zero-order valence-corrected chi connectivity index (χ0v) is 11.3. The van der Waals surface area contributed by atoms with E-state index in [9.17, 15) is 4.39 Å². The van der Waals surface area contributed by atoms with Gasteiger partial charge in [-0.1, -0.05) is 17.9 Å². The molecule has 0 unspecified atom stereocenters. The maximum Gasteiger partial charge on any atom is 0.124 e. The highest BCUT2D eigenvalue weighted by Crippen LogP contribution is 2.27. The smallest absolute Gasteiger partial charge is 0.124 e. The standard InChI is InChI=1S/C14H12FNS2/c15-13-8-11(3-1-5-16)7-12(9-13)10-18-14-4-2-6-17-14/h2,4,6-9H,5,10,16H2.